The predicted molar refractivity (Wildman–Crippen MR) is 192 cm³/mol. The van der Waals surface area contributed by atoms with Gasteiger partial charge in [-0.1, -0.05) is 48.5 Å². The van der Waals surface area contributed by atoms with E-state index in [-0.39, 0.29) is 31.9 Å². The maximum absolute atomic E-state index is 11.5. The number of hydrogen-bond acceptors (Lipinski definition) is 12. The molecule has 0 saturated heterocycles. The van der Waals surface area contributed by atoms with E-state index < -0.39 is 21.8 Å². The first-order chi connectivity index (χ1) is 24.5. The normalized spacial score (nSPS) is 11.7. The van der Waals surface area contributed by atoms with Crippen molar-refractivity contribution in [3.8, 4) is 5.75 Å². The number of benzene rings is 4. The summed E-state index contributed by atoms with van der Waals surface area (Å²) in [6, 6.07) is 29.7. The largest absolute Gasteiger partial charge is 0.493 e. The number of rotatable bonds is 16. The Balaban J connectivity index is 1.43. The number of hydrogen-bond donors (Lipinski definition) is 2. The van der Waals surface area contributed by atoms with E-state index in [4.69, 9.17) is 9.72 Å². The van der Waals surface area contributed by atoms with Crippen LogP contribution in [-0.2, 0) is 27.8 Å². The summed E-state index contributed by atoms with van der Waals surface area (Å²) in [5.74, 6) is -0.126. The molecule has 0 radical (unpaired) electrons. The fourth-order valence-electron chi connectivity index (χ4n) is 4.85. The predicted octanol–water partition coefficient (Wildman–Crippen LogP) is 7.37. The van der Waals surface area contributed by atoms with Crippen LogP contribution in [0.25, 0.3) is 0 Å². The molecule has 0 saturated carbocycles. The van der Waals surface area contributed by atoms with Gasteiger partial charge in [0.1, 0.15) is 23.9 Å². The van der Waals surface area contributed by atoms with Crippen molar-refractivity contribution in [2.24, 2.45) is 20.5 Å². The Labute approximate surface area is 295 Å². The van der Waals surface area contributed by atoms with Gasteiger partial charge in [0.2, 0.25) is 5.95 Å². The van der Waals surface area contributed by atoms with Crippen LogP contribution in [0.3, 0.4) is 0 Å². The molecule has 14 nitrogen and oxygen atoms in total. The van der Waals surface area contributed by atoms with Crippen molar-refractivity contribution in [2.45, 2.75) is 26.2 Å². The van der Waals surface area contributed by atoms with Crippen molar-refractivity contribution < 1.29 is 27.6 Å². The van der Waals surface area contributed by atoms with Crippen LogP contribution in [0, 0.1) is 6.92 Å². The van der Waals surface area contributed by atoms with Crippen LogP contribution in [0.15, 0.2) is 118 Å². The van der Waals surface area contributed by atoms with E-state index in [1.54, 1.807) is 13.1 Å². The smallest absolute Gasteiger partial charge is 0.323 e. The lowest BCUT2D eigenvalue weighted by Crippen LogP contribution is -2.28. The highest BCUT2D eigenvalue weighted by Crippen LogP contribution is 2.32. The molecule has 1 heterocycles. The Hall–Kier alpha value is -5.93. The van der Waals surface area contributed by atoms with Gasteiger partial charge in [0.05, 0.1) is 35.1 Å². The number of aromatic nitrogens is 3. The van der Waals surface area contributed by atoms with E-state index in [1.807, 2.05) is 97.9 Å². The molecule has 1 aromatic heterocycles. The monoisotopic (exact) mass is 708 g/mol. The van der Waals surface area contributed by atoms with E-state index in [0.29, 0.717) is 46.4 Å². The minimum atomic E-state index is -4.16. The maximum atomic E-state index is 11.5. The summed E-state index contributed by atoms with van der Waals surface area (Å²) in [4.78, 5) is 26.9. The Bertz CT molecular complexity index is 2110. The molecule has 0 unspecified atom stereocenters. The number of ether oxygens (including phenoxy) is 1. The molecule has 51 heavy (non-hydrogen) atoms. The van der Waals surface area contributed by atoms with Gasteiger partial charge in [0.15, 0.2) is 0 Å². The molecule has 0 bridgehead atoms. The molecule has 0 aliphatic carbocycles. The molecule has 0 spiro atoms. The molecule has 5 aromatic rings. The highest BCUT2D eigenvalue weighted by molar-refractivity contribution is 7.85. The van der Waals surface area contributed by atoms with Crippen LogP contribution >= 0.6 is 0 Å². The standard InChI is InChI=1S/C36H36N8O6S/c1-25-20-27(32(50-18-9-19-51(47,48)49)23-31(25)43-42-29-12-7-4-8-13-29)22-34-37-33(38-36(39-34)44(2)24-35(45)46)21-26-14-16-30(17-15-26)41-40-28-10-5-3-6-11-28/h3-8,10-17,20,23H,9,18-19,21-22,24H2,1-2H3,(H,45,46)(H,47,48,49). The lowest BCUT2D eigenvalue weighted by molar-refractivity contribution is -0.135. The summed E-state index contributed by atoms with van der Waals surface area (Å²) in [6.07, 6.45) is 0.558. The van der Waals surface area contributed by atoms with Gasteiger partial charge in [-0.2, -0.15) is 38.8 Å². The number of carbonyl (C=O) groups is 1. The number of carboxylic acids is 1. The van der Waals surface area contributed by atoms with Crippen molar-refractivity contribution in [2.75, 3.05) is 30.9 Å². The Morgan fingerprint density at radius 1 is 0.784 bits per heavy atom. The molecule has 0 fully saturated rings. The third kappa shape index (κ3) is 11.6. The molecule has 0 aliphatic rings. The fourth-order valence-corrected chi connectivity index (χ4v) is 5.33. The average Bonchev–Trinajstić information content (AvgIpc) is 3.10. The number of likely N-dealkylation sites (N-methyl/N-ethyl adjacent to an activating group) is 1. The zero-order valence-electron chi connectivity index (χ0n) is 28.0. The summed E-state index contributed by atoms with van der Waals surface area (Å²) in [5.41, 5.74) is 4.98. The van der Waals surface area contributed by atoms with Crippen molar-refractivity contribution in [3.05, 3.63) is 125 Å². The van der Waals surface area contributed by atoms with E-state index >= 15 is 0 Å². The summed E-state index contributed by atoms with van der Waals surface area (Å²) >= 11 is 0. The molecule has 2 N–H and O–H groups in total. The summed E-state index contributed by atoms with van der Waals surface area (Å²) in [5, 5.41) is 26.7. The Morgan fingerprint density at radius 3 is 1.94 bits per heavy atom. The van der Waals surface area contributed by atoms with E-state index in [1.165, 1.54) is 4.90 Å². The van der Waals surface area contributed by atoms with Crippen LogP contribution < -0.4 is 9.64 Å². The number of carboxylic acid groups (broad SMARTS) is 1. The van der Waals surface area contributed by atoms with Gasteiger partial charge in [-0.15, -0.1) is 0 Å². The molecule has 0 atom stereocenters. The number of aryl methyl sites for hydroxylation is 1. The fraction of sp³-hybridized carbons (Fsp3) is 0.222. The Kier molecular flexibility index (Phi) is 12.2. The molecule has 262 valence electrons. The first-order valence-corrected chi connectivity index (χ1v) is 17.5. The van der Waals surface area contributed by atoms with Crippen molar-refractivity contribution in [1.82, 2.24) is 15.0 Å². The van der Waals surface area contributed by atoms with Gasteiger partial charge in [0, 0.05) is 31.5 Å². The van der Waals surface area contributed by atoms with Crippen molar-refractivity contribution in [1.29, 1.82) is 0 Å². The third-order valence-corrected chi connectivity index (χ3v) is 8.13. The van der Waals surface area contributed by atoms with E-state index in [2.05, 4.69) is 30.4 Å². The van der Waals surface area contributed by atoms with Crippen LogP contribution in [0.5, 0.6) is 5.75 Å². The van der Waals surface area contributed by atoms with Gasteiger partial charge in [-0.25, -0.2) is 4.98 Å². The van der Waals surface area contributed by atoms with Crippen LogP contribution in [-0.4, -0.2) is 65.0 Å². The number of azo groups is 2. The van der Waals surface area contributed by atoms with Crippen molar-refractivity contribution >= 4 is 44.8 Å². The number of aliphatic carboxylic acids is 1. The van der Waals surface area contributed by atoms with Crippen LogP contribution in [0.4, 0.5) is 28.7 Å². The van der Waals surface area contributed by atoms with Gasteiger partial charge in [-0.3, -0.25) is 9.35 Å². The molecule has 5 rings (SSSR count). The molecule has 0 aliphatic heterocycles. The maximum Gasteiger partial charge on any atom is 0.323 e. The van der Waals surface area contributed by atoms with Crippen LogP contribution in [0.1, 0.15) is 34.8 Å². The van der Waals surface area contributed by atoms with E-state index in [9.17, 15) is 22.9 Å². The van der Waals surface area contributed by atoms with E-state index in [0.717, 1.165) is 16.8 Å². The minimum Gasteiger partial charge on any atom is -0.493 e. The zero-order valence-corrected chi connectivity index (χ0v) is 28.8. The Morgan fingerprint density at radius 2 is 1.35 bits per heavy atom. The van der Waals surface area contributed by atoms with Crippen LogP contribution in [0.2, 0.25) is 0 Å². The second-order valence-electron chi connectivity index (χ2n) is 11.5. The molecular formula is C36H36N8O6S. The molecule has 0 amide bonds. The quantitative estimate of drug-likeness (QED) is 0.0594. The lowest BCUT2D eigenvalue weighted by Gasteiger charge is -2.17. The first kappa shape index (κ1) is 36.4. The third-order valence-electron chi connectivity index (χ3n) is 7.33. The second kappa shape index (κ2) is 17.1. The average molecular weight is 709 g/mol. The molecule has 15 heteroatoms. The first-order valence-electron chi connectivity index (χ1n) is 15.9. The number of anilines is 1. The highest BCUT2D eigenvalue weighted by Gasteiger charge is 2.17. The zero-order chi connectivity index (χ0) is 36.2. The van der Waals surface area contributed by atoms with Gasteiger partial charge in [-0.05, 0) is 66.9 Å². The SMILES string of the molecule is Cc1cc(Cc2nc(Cc3ccc(N=Nc4ccccc4)cc3)nc(N(C)CC(=O)O)n2)c(OCCCS(=O)(=O)O)cc1N=Nc1ccccc1. The summed E-state index contributed by atoms with van der Waals surface area (Å²) < 4.78 is 37.8. The number of nitrogens with zero attached hydrogens (tertiary/aromatic N) is 8. The lowest BCUT2D eigenvalue weighted by atomic mass is 10.1. The summed E-state index contributed by atoms with van der Waals surface area (Å²) in [6.45, 7) is 1.55. The highest BCUT2D eigenvalue weighted by atomic mass is 32.2. The molecule has 4 aromatic carbocycles. The summed E-state index contributed by atoms with van der Waals surface area (Å²) in [7, 11) is -2.57. The minimum absolute atomic E-state index is 0.00107. The molecular weight excluding hydrogens is 673 g/mol. The van der Waals surface area contributed by atoms with Gasteiger partial charge in [0.25, 0.3) is 10.1 Å². The van der Waals surface area contributed by atoms with Crippen molar-refractivity contribution in [3.63, 3.8) is 0 Å². The van der Waals surface area contributed by atoms with Gasteiger partial charge >= 0.3 is 5.97 Å². The van der Waals surface area contributed by atoms with Gasteiger partial charge < -0.3 is 14.7 Å². The second-order valence-corrected chi connectivity index (χ2v) is 13.1. The topological polar surface area (TPSA) is 192 Å².